The molecule has 1 aliphatic heterocycles. The van der Waals surface area contributed by atoms with Gasteiger partial charge < -0.3 is 5.73 Å². The van der Waals surface area contributed by atoms with Crippen LogP contribution in [0, 0.1) is 0 Å². The topological polar surface area (TPSA) is 59.2 Å². The minimum absolute atomic E-state index is 0.186. The number of nitrogens with two attached hydrogens (primary N) is 1. The Morgan fingerprint density at radius 2 is 2.19 bits per heavy atom. The Hall–Kier alpha value is -1.42. The molecule has 0 radical (unpaired) electrons. The zero-order chi connectivity index (χ0) is 11.4. The fourth-order valence-electron chi connectivity index (χ4n) is 1.92. The van der Waals surface area contributed by atoms with Gasteiger partial charge in [-0.25, -0.2) is 4.98 Å². The predicted molar refractivity (Wildman–Crippen MR) is 62.9 cm³/mol. The number of aromatic nitrogens is 1. The molecule has 4 nitrogen and oxygen atoms in total. The Labute approximate surface area is 95.5 Å². The number of anilines is 1. The van der Waals surface area contributed by atoms with Crippen molar-refractivity contribution in [3.05, 3.63) is 23.9 Å². The number of pyridine rings is 1. The third kappa shape index (κ3) is 2.39. The SMILES string of the molecule is NCc1ccc(N2CCCCCC2=O)nc1. The maximum absolute atomic E-state index is 11.8. The van der Waals surface area contributed by atoms with Crippen molar-refractivity contribution in [2.24, 2.45) is 5.73 Å². The van der Waals surface area contributed by atoms with Crippen LogP contribution in [0.5, 0.6) is 0 Å². The van der Waals surface area contributed by atoms with Gasteiger partial charge in [-0.3, -0.25) is 9.69 Å². The standard InChI is InChI=1S/C12H17N3O/c13-8-10-5-6-11(14-9-10)15-7-3-1-2-4-12(15)16/h5-6,9H,1-4,7-8,13H2. The van der Waals surface area contributed by atoms with E-state index in [9.17, 15) is 4.79 Å². The summed E-state index contributed by atoms with van der Waals surface area (Å²) in [6.45, 7) is 1.27. The zero-order valence-corrected chi connectivity index (χ0v) is 9.35. The van der Waals surface area contributed by atoms with E-state index in [1.165, 1.54) is 0 Å². The van der Waals surface area contributed by atoms with Crippen LogP contribution in [0.2, 0.25) is 0 Å². The van der Waals surface area contributed by atoms with Crippen molar-refractivity contribution in [1.29, 1.82) is 0 Å². The highest BCUT2D eigenvalue weighted by molar-refractivity contribution is 5.92. The van der Waals surface area contributed by atoms with E-state index in [0.29, 0.717) is 13.0 Å². The maximum Gasteiger partial charge on any atom is 0.228 e. The van der Waals surface area contributed by atoms with Crippen LogP contribution >= 0.6 is 0 Å². The van der Waals surface area contributed by atoms with Gasteiger partial charge in [0.2, 0.25) is 5.91 Å². The van der Waals surface area contributed by atoms with Crippen LogP contribution in [-0.2, 0) is 11.3 Å². The molecule has 0 aliphatic carbocycles. The van der Waals surface area contributed by atoms with Crippen molar-refractivity contribution in [3.63, 3.8) is 0 Å². The predicted octanol–water partition coefficient (Wildman–Crippen LogP) is 1.45. The second-order valence-corrected chi connectivity index (χ2v) is 4.08. The first-order chi connectivity index (χ1) is 7.81. The number of nitrogens with zero attached hydrogens (tertiary/aromatic N) is 2. The normalized spacial score (nSPS) is 17.3. The lowest BCUT2D eigenvalue weighted by molar-refractivity contribution is -0.118. The van der Waals surface area contributed by atoms with Crippen molar-refractivity contribution in [3.8, 4) is 0 Å². The molecule has 0 unspecified atom stereocenters. The Kier molecular flexibility index (Phi) is 3.51. The number of hydrogen-bond donors (Lipinski definition) is 1. The lowest BCUT2D eigenvalue weighted by atomic mass is 10.2. The molecule has 2 N–H and O–H groups in total. The fraction of sp³-hybridized carbons (Fsp3) is 0.500. The van der Waals surface area contributed by atoms with E-state index in [1.807, 2.05) is 12.1 Å². The van der Waals surface area contributed by atoms with Gasteiger partial charge in [0.25, 0.3) is 0 Å². The maximum atomic E-state index is 11.8. The molecule has 1 aliphatic rings. The summed E-state index contributed by atoms with van der Waals surface area (Å²) in [5.41, 5.74) is 6.50. The monoisotopic (exact) mass is 219 g/mol. The first-order valence-electron chi connectivity index (χ1n) is 5.76. The summed E-state index contributed by atoms with van der Waals surface area (Å²) in [5, 5.41) is 0. The molecule has 2 rings (SSSR count). The Balaban J connectivity index is 2.17. The highest BCUT2D eigenvalue weighted by atomic mass is 16.2. The van der Waals surface area contributed by atoms with Crippen molar-refractivity contribution in [2.75, 3.05) is 11.4 Å². The Bertz CT molecular complexity index is 361. The van der Waals surface area contributed by atoms with Gasteiger partial charge in [0.15, 0.2) is 0 Å². The van der Waals surface area contributed by atoms with Gasteiger partial charge >= 0.3 is 0 Å². The van der Waals surface area contributed by atoms with Gasteiger partial charge in [-0.05, 0) is 24.5 Å². The van der Waals surface area contributed by atoms with Crippen LogP contribution in [0.1, 0.15) is 31.2 Å². The summed E-state index contributed by atoms with van der Waals surface area (Å²) in [6, 6.07) is 3.81. The van der Waals surface area contributed by atoms with Crippen LogP contribution < -0.4 is 10.6 Å². The highest BCUT2D eigenvalue weighted by Crippen LogP contribution is 2.18. The van der Waals surface area contributed by atoms with E-state index in [0.717, 1.165) is 37.2 Å². The summed E-state index contributed by atoms with van der Waals surface area (Å²) in [7, 11) is 0. The molecule has 4 heteroatoms. The van der Waals surface area contributed by atoms with Gasteiger partial charge in [-0.1, -0.05) is 12.5 Å². The first-order valence-corrected chi connectivity index (χ1v) is 5.76. The molecule has 0 spiro atoms. The van der Waals surface area contributed by atoms with Crippen LogP contribution in [0.3, 0.4) is 0 Å². The van der Waals surface area contributed by atoms with Crippen molar-refractivity contribution >= 4 is 11.7 Å². The molecule has 16 heavy (non-hydrogen) atoms. The van der Waals surface area contributed by atoms with E-state index in [4.69, 9.17) is 5.73 Å². The molecule has 0 aromatic carbocycles. The second kappa shape index (κ2) is 5.07. The molecule has 1 amide bonds. The molecule has 0 bridgehead atoms. The number of hydrogen-bond acceptors (Lipinski definition) is 3. The van der Waals surface area contributed by atoms with Crippen molar-refractivity contribution in [1.82, 2.24) is 4.98 Å². The number of rotatable bonds is 2. The summed E-state index contributed by atoms with van der Waals surface area (Å²) >= 11 is 0. The van der Waals surface area contributed by atoms with E-state index < -0.39 is 0 Å². The highest BCUT2D eigenvalue weighted by Gasteiger charge is 2.18. The summed E-state index contributed by atoms with van der Waals surface area (Å²) in [6.07, 6.45) is 5.57. The summed E-state index contributed by atoms with van der Waals surface area (Å²) in [5.74, 6) is 0.939. The van der Waals surface area contributed by atoms with E-state index in [1.54, 1.807) is 11.1 Å². The minimum atomic E-state index is 0.186. The fourth-order valence-corrected chi connectivity index (χ4v) is 1.92. The number of carbonyl (C=O) groups excluding carboxylic acids is 1. The smallest absolute Gasteiger partial charge is 0.228 e. The van der Waals surface area contributed by atoms with Crippen molar-refractivity contribution < 1.29 is 4.79 Å². The lowest BCUT2D eigenvalue weighted by Crippen LogP contribution is -2.30. The lowest BCUT2D eigenvalue weighted by Gasteiger charge is -2.19. The molecule has 86 valence electrons. The molecule has 1 saturated heterocycles. The van der Waals surface area contributed by atoms with E-state index in [2.05, 4.69) is 4.98 Å². The van der Waals surface area contributed by atoms with Gasteiger partial charge in [-0.15, -0.1) is 0 Å². The molecule has 0 saturated carbocycles. The van der Waals surface area contributed by atoms with Gasteiger partial charge in [0, 0.05) is 25.7 Å². The summed E-state index contributed by atoms with van der Waals surface area (Å²) < 4.78 is 0. The second-order valence-electron chi connectivity index (χ2n) is 4.08. The quantitative estimate of drug-likeness (QED) is 0.819. The average Bonchev–Trinajstić information content (AvgIpc) is 2.54. The summed E-state index contributed by atoms with van der Waals surface area (Å²) in [4.78, 5) is 17.9. The first kappa shape index (κ1) is 11.1. The van der Waals surface area contributed by atoms with Crippen molar-refractivity contribution in [2.45, 2.75) is 32.2 Å². The van der Waals surface area contributed by atoms with Crippen LogP contribution in [0.15, 0.2) is 18.3 Å². The Morgan fingerprint density at radius 3 is 2.88 bits per heavy atom. The number of amides is 1. The molecule has 1 aromatic rings. The van der Waals surface area contributed by atoms with Gasteiger partial charge in [0.05, 0.1) is 0 Å². The molecule has 1 fully saturated rings. The molecular weight excluding hydrogens is 202 g/mol. The van der Waals surface area contributed by atoms with Crippen LogP contribution in [-0.4, -0.2) is 17.4 Å². The largest absolute Gasteiger partial charge is 0.326 e. The van der Waals surface area contributed by atoms with Crippen LogP contribution in [0.25, 0.3) is 0 Å². The Morgan fingerprint density at radius 1 is 1.31 bits per heavy atom. The average molecular weight is 219 g/mol. The minimum Gasteiger partial charge on any atom is -0.326 e. The molecule has 2 heterocycles. The third-order valence-corrected chi connectivity index (χ3v) is 2.89. The molecule has 1 aromatic heterocycles. The zero-order valence-electron chi connectivity index (χ0n) is 9.35. The number of carbonyl (C=O) groups is 1. The van der Waals surface area contributed by atoms with E-state index >= 15 is 0 Å². The molecular formula is C12H17N3O. The van der Waals surface area contributed by atoms with Gasteiger partial charge in [0.1, 0.15) is 5.82 Å². The molecule has 0 atom stereocenters. The van der Waals surface area contributed by atoms with Gasteiger partial charge in [-0.2, -0.15) is 0 Å². The van der Waals surface area contributed by atoms with E-state index in [-0.39, 0.29) is 5.91 Å². The van der Waals surface area contributed by atoms with Crippen LogP contribution in [0.4, 0.5) is 5.82 Å². The third-order valence-electron chi connectivity index (χ3n) is 2.89.